The largest absolute Gasteiger partial charge is 0.507 e. The molecule has 4 heteroatoms. The molecular weight excluding hydrogens is 300 g/mol. The Morgan fingerprint density at radius 3 is 1.33 bits per heavy atom. The van der Waals surface area contributed by atoms with E-state index in [0.717, 1.165) is 11.1 Å². The summed E-state index contributed by atoms with van der Waals surface area (Å²) in [6.07, 6.45) is 1.25. The van der Waals surface area contributed by atoms with Gasteiger partial charge < -0.3 is 21.7 Å². The Bertz CT molecular complexity index is 724. The molecule has 0 atom stereocenters. The molecule has 0 fully saturated rings. The van der Waals surface area contributed by atoms with Gasteiger partial charge in [0.2, 0.25) is 0 Å². The smallest absolute Gasteiger partial charge is 0.123 e. The van der Waals surface area contributed by atoms with Crippen LogP contribution >= 0.6 is 0 Å². The van der Waals surface area contributed by atoms with Gasteiger partial charge in [0.25, 0.3) is 0 Å². The number of aromatic hydroxyl groups is 2. The van der Waals surface area contributed by atoms with Crippen LogP contribution in [0, 0.1) is 0 Å². The number of hydrogen-bond acceptors (Lipinski definition) is 4. The standard InChI is InChI=1S/C20H24N2O2/c1-3-13(15-9-5-7-11-17(15)23)19(21)20(22)14(4-2)16-10-6-8-12-18(16)24/h5-12,23-24H,3-4,21-22H2,1-2H3. The molecule has 0 saturated heterocycles. The van der Waals surface area contributed by atoms with Gasteiger partial charge in [-0.3, -0.25) is 0 Å². The Kier molecular flexibility index (Phi) is 5.53. The highest BCUT2D eigenvalue weighted by atomic mass is 16.3. The predicted molar refractivity (Wildman–Crippen MR) is 99.0 cm³/mol. The average Bonchev–Trinajstić information content (AvgIpc) is 2.59. The van der Waals surface area contributed by atoms with E-state index in [9.17, 15) is 10.2 Å². The number of nitrogens with two attached hydrogens (primary N) is 2. The highest BCUT2D eigenvalue weighted by Crippen LogP contribution is 2.34. The van der Waals surface area contributed by atoms with E-state index in [1.165, 1.54) is 0 Å². The summed E-state index contributed by atoms with van der Waals surface area (Å²) in [6.45, 7) is 3.93. The van der Waals surface area contributed by atoms with Crippen molar-refractivity contribution in [1.82, 2.24) is 0 Å². The van der Waals surface area contributed by atoms with E-state index in [2.05, 4.69) is 0 Å². The molecule has 0 aliphatic heterocycles. The van der Waals surface area contributed by atoms with Crippen molar-refractivity contribution in [1.29, 1.82) is 0 Å². The van der Waals surface area contributed by atoms with Crippen LogP contribution in [0.3, 0.4) is 0 Å². The molecule has 2 rings (SSSR count). The summed E-state index contributed by atoms with van der Waals surface area (Å²) in [5.41, 5.74) is 16.5. The summed E-state index contributed by atoms with van der Waals surface area (Å²) >= 11 is 0. The number of para-hydroxylation sites is 2. The van der Waals surface area contributed by atoms with E-state index in [0.29, 0.717) is 35.4 Å². The predicted octanol–water partition coefficient (Wildman–Crippen LogP) is 3.96. The van der Waals surface area contributed by atoms with E-state index in [4.69, 9.17) is 11.5 Å². The van der Waals surface area contributed by atoms with Gasteiger partial charge in [0.15, 0.2) is 0 Å². The minimum atomic E-state index is 0.172. The van der Waals surface area contributed by atoms with Crippen LogP contribution in [0.2, 0.25) is 0 Å². The van der Waals surface area contributed by atoms with E-state index < -0.39 is 0 Å². The van der Waals surface area contributed by atoms with Crippen molar-refractivity contribution >= 4 is 11.1 Å². The second-order valence-electron chi connectivity index (χ2n) is 5.53. The molecule has 0 saturated carbocycles. The summed E-state index contributed by atoms with van der Waals surface area (Å²) in [6, 6.07) is 14.1. The average molecular weight is 324 g/mol. The van der Waals surface area contributed by atoms with Crippen molar-refractivity contribution in [3.8, 4) is 11.5 Å². The highest BCUT2D eigenvalue weighted by Gasteiger charge is 2.15. The van der Waals surface area contributed by atoms with E-state index in [-0.39, 0.29) is 11.5 Å². The van der Waals surface area contributed by atoms with Gasteiger partial charge in [-0.15, -0.1) is 0 Å². The Morgan fingerprint density at radius 2 is 1.04 bits per heavy atom. The SMILES string of the molecule is CCC(=C(N)C(N)=C(CC)c1ccccc1O)c1ccccc1O. The molecule has 0 spiro atoms. The molecule has 4 nitrogen and oxygen atoms in total. The molecule has 0 aromatic heterocycles. The Hall–Kier alpha value is -2.88. The maximum atomic E-state index is 10.1. The molecule has 0 bridgehead atoms. The van der Waals surface area contributed by atoms with Gasteiger partial charge in [0.1, 0.15) is 11.5 Å². The summed E-state index contributed by atoms with van der Waals surface area (Å²) in [7, 11) is 0. The molecule has 0 unspecified atom stereocenters. The molecule has 2 aromatic rings. The maximum Gasteiger partial charge on any atom is 0.123 e. The second kappa shape index (κ2) is 7.59. The van der Waals surface area contributed by atoms with Crippen LogP contribution in [0.4, 0.5) is 0 Å². The molecule has 126 valence electrons. The minimum Gasteiger partial charge on any atom is -0.507 e. The molecule has 0 amide bonds. The van der Waals surface area contributed by atoms with Crippen LogP contribution < -0.4 is 11.5 Å². The first kappa shape index (κ1) is 17.5. The van der Waals surface area contributed by atoms with Crippen molar-refractivity contribution in [3.63, 3.8) is 0 Å². The first-order chi connectivity index (χ1) is 11.5. The number of phenols is 2. The Labute approximate surface area is 142 Å². The molecule has 0 aliphatic rings. The van der Waals surface area contributed by atoms with E-state index >= 15 is 0 Å². The van der Waals surface area contributed by atoms with Crippen molar-refractivity contribution in [2.24, 2.45) is 11.5 Å². The summed E-state index contributed by atoms with van der Waals surface area (Å²) in [5.74, 6) is 0.344. The summed E-state index contributed by atoms with van der Waals surface area (Å²) in [5, 5.41) is 20.2. The van der Waals surface area contributed by atoms with Gasteiger partial charge in [0, 0.05) is 11.1 Å². The van der Waals surface area contributed by atoms with Crippen molar-refractivity contribution in [2.75, 3.05) is 0 Å². The highest BCUT2D eigenvalue weighted by molar-refractivity contribution is 5.81. The van der Waals surface area contributed by atoms with Crippen molar-refractivity contribution < 1.29 is 10.2 Å². The van der Waals surface area contributed by atoms with Gasteiger partial charge in [-0.05, 0) is 36.1 Å². The van der Waals surface area contributed by atoms with Gasteiger partial charge in [-0.1, -0.05) is 50.2 Å². The molecule has 6 N–H and O–H groups in total. The number of hydrogen-bond donors (Lipinski definition) is 4. The number of rotatable bonds is 5. The zero-order valence-electron chi connectivity index (χ0n) is 14.1. The lowest BCUT2D eigenvalue weighted by Crippen LogP contribution is -2.14. The molecule has 24 heavy (non-hydrogen) atoms. The fraction of sp³-hybridized carbons (Fsp3) is 0.200. The monoisotopic (exact) mass is 324 g/mol. The lowest BCUT2D eigenvalue weighted by molar-refractivity contribution is 0.472. The first-order valence-corrected chi connectivity index (χ1v) is 8.05. The summed E-state index contributed by atoms with van der Waals surface area (Å²) < 4.78 is 0. The van der Waals surface area contributed by atoms with Gasteiger partial charge in [0.05, 0.1) is 11.4 Å². The third-order valence-electron chi connectivity index (χ3n) is 4.11. The third-order valence-corrected chi connectivity index (χ3v) is 4.11. The van der Waals surface area contributed by atoms with E-state index in [1.807, 2.05) is 38.1 Å². The Morgan fingerprint density at radius 1 is 0.708 bits per heavy atom. The number of benzene rings is 2. The normalized spacial score (nSPS) is 13.2. The molecule has 0 heterocycles. The Balaban J connectivity index is 2.65. The fourth-order valence-electron chi connectivity index (χ4n) is 2.83. The molecule has 2 aromatic carbocycles. The lowest BCUT2D eigenvalue weighted by atomic mass is 9.94. The van der Waals surface area contributed by atoms with Crippen LogP contribution in [0.25, 0.3) is 11.1 Å². The topological polar surface area (TPSA) is 92.5 Å². The molecule has 0 radical (unpaired) electrons. The van der Waals surface area contributed by atoms with Gasteiger partial charge >= 0.3 is 0 Å². The number of phenolic OH excluding ortho intramolecular Hbond substituents is 2. The lowest BCUT2D eigenvalue weighted by Gasteiger charge is -2.17. The van der Waals surface area contributed by atoms with Crippen molar-refractivity contribution in [2.45, 2.75) is 26.7 Å². The molecular formula is C20H24N2O2. The molecule has 0 aliphatic carbocycles. The van der Waals surface area contributed by atoms with Crippen molar-refractivity contribution in [3.05, 3.63) is 71.1 Å². The minimum absolute atomic E-state index is 0.172. The van der Waals surface area contributed by atoms with Crippen LogP contribution in [0.5, 0.6) is 11.5 Å². The second-order valence-corrected chi connectivity index (χ2v) is 5.53. The maximum absolute atomic E-state index is 10.1. The van der Waals surface area contributed by atoms with Gasteiger partial charge in [-0.25, -0.2) is 0 Å². The first-order valence-electron chi connectivity index (χ1n) is 8.05. The van der Waals surface area contributed by atoms with Crippen LogP contribution in [0.1, 0.15) is 37.8 Å². The number of allylic oxidation sites excluding steroid dienone is 2. The van der Waals surface area contributed by atoms with Crippen LogP contribution in [-0.2, 0) is 0 Å². The van der Waals surface area contributed by atoms with E-state index in [1.54, 1.807) is 24.3 Å². The quantitative estimate of drug-likeness (QED) is 0.626. The zero-order valence-corrected chi connectivity index (χ0v) is 14.1. The third kappa shape index (κ3) is 3.38. The zero-order chi connectivity index (χ0) is 17.7. The fourth-order valence-corrected chi connectivity index (χ4v) is 2.83. The van der Waals surface area contributed by atoms with Gasteiger partial charge in [-0.2, -0.15) is 0 Å². The van der Waals surface area contributed by atoms with Crippen LogP contribution in [0.15, 0.2) is 59.9 Å². The van der Waals surface area contributed by atoms with Crippen LogP contribution in [-0.4, -0.2) is 10.2 Å². The summed E-state index contributed by atoms with van der Waals surface area (Å²) in [4.78, 5) is 0.